The Kier molecular flexibility index (Phi) is 6.11. The van der Waals surface area contributed by atoms with Crippen molar-refractivity contribution in [2.24, 2.45) is 0 Å². The molecule has 0 spiro atoms. The fourth-order valence-corrected chi connectivity index (χ4v) is 6.50. The molecule has 1 amide bonds. The molecule has 0 unspecified atom stereocenters. The Morgan fingerprint density at radius 1 is 1.12 bits per heavy atom. The zero-order valence-corrected chi connectivity index (χ0v) is 19.8. The number of ether oxygens (including phenoxy) is 1. The summed E-state index contributed by atoms with van der Waals surface area (Å²) in [5, 5.41) is 2.80. The van der Waals surface area contributed by atoms with Crippen molar-refractivity contribution in [2.45, 2.75) is 37.6 Å². The van der Waals surface area contributed by atoms with Crippen LogP contribution in [0.15, 0.2) is 46.1 Å². The molecular formula is C22H25N3O5S2. The lowest BCUT2D eigenvalue weighted by Gasteiger charge is -2.17. The number of benzene rings is 2. The van der Waals surface area contributed by atoms with Gasteiger partial charge in [0.25, 0.3) is 5.91 Å². The second kappa shape index (κ2) is 8.68. The van der Waals surface area contributed by atoms with Crippen molar-refractivity contribution >= 4 is 43.2 Å². The highest BCUT2D eigenvalue weighted by molar-refractivity contribution is 7.89. The van der Waals surface area contributed by atoms with E-state index < -0.39 is 15.9 Å². The molecule has 32 heavy (non-hydrogen) atoms. The molecule has 0 atom stereocenters. The van der Waals surface area contributed by atoms with Crippen molar-refractivity contribution in [2.75, 3.05) is 25.5 Å². The van der Waals surface area contributed by atoms with E-state index in [-0.39, 0.29) is 27.1 Å². The molecular weight excluding hydrogens is 450 g/mol. The van der Waals surface area contributed by atoms with Gasteiger partial charge in [-0.15, -0.1) is 0 Å². The van der Waals surface area contributed by atoms with Gasteiger partial charge in [0.1, 0.15) is 5.75 Å². The Morgan fingerprint density at radius 2 is 1.84 bits per heavy atom. The van der Waals surface area contributed by atoms with Crippen molar-refractivity contribution < 1.29 is 17.9 Å². The van der Waals surface area contributed by atoms with Crippen molar-refractivity contribution in [1.82, 2.24) is 8.87 Å². The van der Waals surface area contributed by atoms with Gasteiger partial charge in [0.15, 0.2) is 0 Å². The van der Waals surface area contributed by atoms with E-state index in [0.717, 1.165) is 34.4 Å². The SMILES string of the molecule is COc1ccc(S(=O)(=O)N2CCCC2)cc1C(=O)Nc1ccc2c(c1)sc(=O)n2C(C)C. The lowest BCUT2D eigenvalue weighted by atomic mass is 10.1. The minimum absolute atomic E-state index is 0.0289. The van der Waals surface area contributed by atoms with E-state index in [1.807, 2.05) is 13.8 Å². The minimum atomic E-state index is -3.67. The highest BCUT2D eigenvalue weighted by atomic mass is 32.2. The summed E-state index contributed by atoms with van der Waals surface area (Å²) in [6.07, 6.45) is 1.66. The summed E-state index contributed by atoms with van der Waals surface area (Å²) in [6, 6.07) is 9.61. The molecule has 10 heteroatoms. The van der Waals surface area contributed by atoms with Crippen LogP contribution >= 0.6 is 11.3 Å². The number of hydrogen-bond donors (Lipinski definition) is 1. The normalized spacial score (nSPS) is 14.9. The van der Waals surface area contributed by atoms with Crippen molar-refractivity contribution in [1.29, 1.82) is 0 Å². The first kappa shape index (κ1) is 22.5. The molecule has 0 saturated carbocycles. The van der Waals surface area contributed by atoms with Crippen LogP contribution in [0.1, 0.15) is 43.1 Å². The number of thiazole rings is 1. The maximum atomic E-state index is 13.0. The number of aromatic nitrogens is 1. The van der Waals surface area contributed by atoms with Gasteiger partial charge in [-0.2, -0.15) is 4.31 Å². The summed E-state index contributed by atoms with van der Waals surface area (Å²) < 4.78 is 35.1. The van der Waals surface area contributed by atoms with E-state index in [1.165, 1.54) is 29.6 Å². The van der Waals surface area contributed by atoms with Gasteiger partial charge in [-0.25, -0.2) is 8.42 Å². The predicted octanol–water partition coefficient (Wildman–Crippen LogP) is 3.69. The molecule has 0 aliphatic carbocycles. The largest absolute Gasteiger partial charge is 0.496 e. The Balaban J connectivity index is 1.66. The average Bonchev–Trinajstić information content (AvgIpc) is 3.40. The molecule has 1 aliphatic heterocycles. The number of nitrogens with zero attached hydrogens (tertiary/aromatic N) is 2. The number of fused-ring (bicyclic) bond motifs is 1. The molecule has 0 bridgehead atoms. The first-order valence-electron chi connectivity index (χ1n) is 10.4. The topological polar surface area (TPSA) is 97.7 Å². The van der Waals surface area contributed by atoms with Crippen LogP contribution < -0.4 is 14.9 Å². The maximum Gasteiger partial charge on any atom is 0.308 e. The average molecular weight is 476 g/mol. The number of rotatable bonds is 6. The Labute approximate surface area is 190 Å². The number of amides is 1. The Morgan fingerprint density at radius 3 is 2.50 bits per heavy atom. The van der Waals surface area contributed by atoms with Crippen LogP contribution in [0.3, 0.4) is 0 Å². The number of anilines is 1. The van der Waals surface area contributed by atoms with Gasteiger partial charge >= 0.3 is 4.87 Å². The van der Waals surface area contributed by atoms with Crippen LogP contribution in [0, 0.1) is 0 Å². The summed E-state index contributed by atoms with van der Waals surface area (Å²) in [5.41, 5.74) is 1.44. The van der Waals surface area contributed by atoms with E-state index in [4.69, 9.17) is 4.74 Å². The molecule has 1 aliphatic rings. The fourth-order valence-electron chi connectivity index (χ4n) is 3.90. The quantitative estimate of drug-likeness (QED) is 0.586. The first-order valence-corrected chi connectivity index (χ1v) is 12.6. The van der Waals surface area contributed by atoms with E-state index in [0.29, 0.717) is 18.8 Å². The second-order valence-electron chi connectivity index (χ2n) is 7.94. The van der Waals surface area contributed by atoms with Crippen LogP contribution in [-0.2, 0) is 10.0 Å². The van der Waals surface area contributed by atoms with Crippen molar-refractivity contribution in [3.05, 3.63) is 51.6 Å². The van der Waals surface area contributed by atoms with Crippen LogP contribution in [0.4, 0.5) is 5.69 Å². The predicted molar refractivity (Wildman–Crippen MR) is 125 cm³/mol. The third-order valence-corrected chi connectivity index (χ3v) is 8.32. The zero-order chi connectivity index (χ0) is 23.0. The number of carbonyl (C=O) groups excluding carboxylic acids is 1. The van der Waals surface area contributed by atoms with Gasteiger partial charge in [-0.3, -0.25) is 14.2 Å². The van der Waals surface area contributed by atoms with Crippen LogP contribution in [0.25, 0.3) is 10.2 Å². The second-order valence-corrected chi connectivity index (χ2v) is 10.9. The lowest BCUT2D eigenvalue weighted by Crippen LogP contribution is -2.28. The molecule has 2 heterocycles. The first-order chi connectivity index (χ1) is 15.2. The molecule has 1 aromatic heterocycles. The Bertz CT molecular complexity index is 1340. The van der Waals surface area contributed by atoms with Crippen LogP contribution in [-0.4, -0.2) is 43.4 Å². The van der Waals surface area contributed by atoms with Gasteiger partial charge in [0.2, 0.25) is 10.0 Å². The third kappa shape index (κ3) is 4.05. The maximum absolute atomic E-state index is 13.0. The molecule has 1 N–H and O–H groups in total. The molecule has 4 rings (SSSR count). The highest BCUT2D eigenvalue weighted by Crippen LogP contribution is 2.28. The number of methoxy groups -OCH3 is 1. The van der Waals surface area contributed by atoms with Gasteiger partial charge < -0.3 is 10.1 Å². The van der Waals surface area contributed by atoms with E-state index in [2.05, 4.69) is 5.32 Å². The number of nitrogens with one attached hydrogen (secondary N) is 1. The van der Waals surface area contributed by atoms with Gasteiger partial charge in [0, 0.05) is 24.8 Å². The molecule has 8 nitrogen and oxygen atoms in total. The smallest absolute Gasteiger partial charge is 0.308 e. The highest BCUT2D eigenvalue weighted by Gasteiger charge is 2.28. The van der Waals surface area contributed by atoms with Crippen molar-refractivity contribution in [3.63, 3.8) is 0 Å². The van der Waals surface area contributed by atoms with Crippen molar-refractivity contribution in [3.8, 4) is 5.75 Å². The fraction of sp³-hybridized carbons (Fsp3) is 0.364. The molecule has 1 fully saturated rings. The number of hydrogen-bond acceptors (Lipinski definition) is 6. The summed E-state index contributed by atoms with van der Waals surface area (Å²) in [4.78, 5) is 25.3. The molecule has 0 radical (unpaired) electrons. The number of carbonyl (C=O) groups is 1. The summed E-state index contributed by atoms with van der Waals surface area (Å²) in [6.45, 7) is 4.85. The van der Waals surface area contributed by atoms with Gasteiger partial charge in [-0.1, -0.05) is 11.3 Å². The molecule has 2 aromatic carbocycles. The molecule has 3 aromatic rings. The molecule has 170 valence electrons. The Hall–Kier alpha value is -2.69. The minimum Gasteiger partial charge on any atom is -0.496 e. The number of sulfonamides is 1. The molecule has 1 saturated heterocycles. The van der Waals surface area contributed by atoms with Crippen LogP contribution in [0.2, 0.25) is 0 Å². The van der Waals surface area contributed by atoms with E-state index in [9.17, 15) is 18.0 Å². The monoisotopic (exact) mass is 475 g/mol. The van der Waals surface area contributed by atoms with E-state index >= 15 is 0 Å². The van der Waals surface area contributed by atoms with Gasteiger partial charge in [0.05, 0.1) is 27.8 Å². The summed E-state index contributed by atoms with van der Waals surface area (Å²) in [7, 11) is -2.24. The van der Waals surface area contributed by atoms with Gasteiger partial charge in [-0.05, 0) is 63.1 Å². The lowest BCUT2D eigenvalue weighted by molar-refractivity contribution is 0.102. The van der Waals surface area contributed by atoms with Crippen LogP contribution in [0.5, 0.6) is 5.75 Å². The van der Waals surface area contributed by atoms with E-state index in [1.54, 1.807) is 22.8 Å². The summed E-state index contributed by atoms with van der Waals surface area (Å²) >= 11 is 1.12. The zero-order valence-electron chi connectivity index (χ0n) is 18.1. The summed E-state index contributed by atoms with van der Waals surface area (Å²) in [5.74, 6) is -0.213. The standard InChI is InChI=1S/C22H25N3O5S2/c1-14(2)25-18-8-6-15(12-20(18)31-22(25)27)23-21(26)17-13-16(7-9-19(17)30-3)32(28,29)24-10-4-5-11-24/h6-9,12-14H,4-5,10-11H2,1-3H3,(H,23,26). The third-order valence-electron chi connectivity index (χ3n) is 5.51.